The molecule has 4 heteroatoms. The highest BCUT2D eigenvalue weighted by Crippen LogP contribution is 2.32. The van der Waals surface area contributed by atoms with Crippen molar-refractivity contribution in [3.8, 4) is 0 Å². The predicted octanol–water partition coefficient (Wildman–Crippen LogP) is 2.16. The summed E-state index contributed by atoms with van der Waals surface area (Å²) in [6.07, 6.45) is 2.13. The fourth-order valence-corrected chi connectivity index (χ4v) is 3.22. The third kappa shape index (κ3) is 1.89. The highest BCUT2D eigenvalue weighted by Gasteiger charge is 2.33. The quantitative estimate of drug-likeness (QED) is 0.861. The highest BCUT2D eigenvalue weighted by molar-refractivity contribution is 9.10. The van der Waals surface area contributed by atoms with Gasteiger partial charge in [0.15, 0.2) is 0 Å². The number of halogens is 1. The zero-order chi connectivity index (χ0) is 11.8. The Balaban J connectivity index is 1.88. The SMILES string of the molecule is O=C1c2cccc(Br)c2CN1C1CCNCC1. The molecule has 0 radical (unpaired) electrons. The zero-order valence-electron chi connectivity index (χ0n) is 9.58. The van der Waals surface area contributed by atoms with Crippen LogP contribution >= 0.6 is 15.9 Å². The number of piperidine rings is 1. The molecule has 2 heterocycles. The van der Waals surface area contributed by atoms with E-state index in [0.29, 0.717) is 6.04 Å². The first-order valence-corrected chi connectivity index (χ1v) is 6.86. The zero-order valence-corrected chi connectivity index (χ0v) is 11.2. The molecule has 0 aliphatic carbocycles. The summed E-state index contributed by atoms with van der Waals surface area (Å²) in [5, 5.41) is 3.34. The fraction of sp³-hybridized carbons (Fsp3) is 0.462. The molecule has 1 fully saturated rings. The van der Waals surface area contributed by atoms with Crippen molar-refractivity contribution in [2.75, 3.05) is 13.1 Å². The largest absolute Gasteiger partial charge is 0.331 e. The molecule has 1 N–H and O–H groups in total. The maximum absolute atomic E-state index is 12.3. The molecule has 2 aliphatic heterocycles. The van der Waals surface area contributed by atoms with Crippen LogP contribution in [0, 0.1) is 0 Å². The maximum atomic E-state index is 12.3. The van der Waals surface area contributed by atoms with Crippen LogP contribution in [0.25, 0.3) is 0 Å². The molecule has 0 atom stereocenters. The topological polar surface area (TPSA) is 32.3 Å². The molecule has 1 saturated heterocycles. The molecule has 0 saturated carbocycles. The number of nitrogens with one attached hydrogen (secondary N) is 1. The number of nitrogens with zero attached hydrogens (tertiary/aromatic N) is 1. The van der Waals surface area contributed by atoms with E-state index in [9.17, 15) is 4.79 Å². The van der Waals surface area contributed by atoms with Crippen molar-refractivity contribution in [2.45, 2.75) is 25.4 Å². The summed E-state index contributed by atoms with van der Waals surface area (Å²) < 4.78 is 1.06. The smallest absolute Gasteiger partial charge is 0.254 e. The maximum Gasteiger partial charge on any atom is 0.254 e. The lowest BCUT2D eigenvalue weighted by Crippen LogP contribution is -2.43. The minimum atomic E-state index is 0.202. The van der Waals surface area contributed by atoms with Gasteiger partial charge in [0.1, 0.15) is 0 Å². The van der Waals surface area contributed by atoms with E-state index in [1.165, 1.54) is 0 Å². The summed E-state index contributed by atoms with van der Waals surface area (Å²) >= 11 is 3.54. The first-order valence-electron chi connectivity index (χ1n) is 6.06. The molecular weight excluding hydrogens is 280 g/mol. The average Bonchev–Trinajstić information content (AvgIpc) is 2.70. The monoisotopic (exact) mass is 294 g/mol. The van der Waals surface area contributed by atoms with Gasteiger partial charge in [-0.2, -0.15) is 0 Å². The van der Waals surface area contributed by atoms with E-state index in [4.69, 9.17) is 0 Å². The van der Waals surface area contributed by atoms with Gasteiger partial charge in [-0.05, 0) is 43.6 Å². The molecule has 0 aromatic heterocycles. The molecule has 1 aromatic carbocycles. The van der Waals surface area contributed by atoms with Gasteiger partial charge in [0.2, 0.25) is 0 Å². The Bertz CT molecular complexity index is 455. The standard InChI is InChI=1S/C13H15BrN2O/c14-12-3-1-2-10-11(12)8-16(13(10)17)9-4-6-15-7-5-9/h1-3,9,15H,4-8H2. The van der Waals surface area contributed by atoms with Gasteiger partial charge in [-0.25, -0.2) is 0 Å². The number of carbonyl (C=O) groups is 1. The summed E-state index contributed by atoms with van der Waals surface area (Å²) in [5.41, 5.74) is 2.02. The Morgan fingerprint density at radius 2 is 2.06 bits per heavy atom. The minimum absolute atomic E-state index is 0.202. The normalized spacial score (nSPS) is 20.8. The summed E-state index contributed by atoms with van der Waals surface area (Å²) in [7, 11) is 0. The number of benzene rings is 1. The Hall–Kier alpha value is -0.870. The summed E-state index contributed by atoms with van der Waals surface area (Å²) in [5.74, 6) is 0.202. The van der Waals surface area contributed by atoms with E-state index in [1.54, 1.807) is 0 Å². The highest BCUT2D eigenvalue weighted by atomic mass is 79.9. The van der Waals surface area contributed by atoms with E-state index in [2.05, 4.69) is 21.2 Å². The van der Waals surface area contributed by atoms with Crippen LogP contribution in [0.5, 0.6) is 0 Å². The van der Waals surface area contributed by atoms with Gasteiger partial charge in [-0.15, -0.1) is 0 Å². The van der Waals surface area contributed by atoms with Crippen molar-refractivity contribution in [2.24, 2.45) is 0 Å². The van der Waals surface area contributed by atoms with Crippen molar-refractivity contribution in [3.63, 3.8) is 0 Å². The van der Waals surface area contributed by atoms with E-state index in [0.717, 1.165) is 48.1 Å². The van der Waals surface area contributed by atoms with Gasteiger partial charge in [-0.3, -0.25) is 4.79 Å². The van der Waals surface area contributed by atoms with E-state index in [1.807, 2.05) is 23.1 Å². The van der Waals surface area contributed by atoms with E-state index < -0.39 is 0 Å². The third-order valence-corrected chi connectivity index (χ3v) is 4.43. The van der Waals surface area contributed by atoms with Crippen LogP contribution in [0.1, 0.15) is 28.8 Å². The molecule has 0 bridgehead atoms. The third-order valence-electron chi connectivity index (χ3n) is 3.69. The Kier molecular flexibility index (Phi) is 2.92. The first-order chi connectivity index (χ1) is 8.27. The van der Waals surface area contributed by atoms with Gasteiger partial charge in [0.05, 0.1) is 0 Å². The van der Waals surface area contributed by atoms with Gasteiger partial charge in [0, 0.05) is 22.6 Å². The Morgan fingerprint density at radius 3 is 2.76 bits per heavy atom. The number of carbonyl (C=O) groups excluding carboxylic acids is 1. The average molecular weight is 295 g/mol. The molecule has 3 nitrogen and oxygen atoms in total. The van der Waals surface area contributed by atoms with Crippen LogP contribution in [0.15, 0.2) is 22.7 Å². The molecule has 0 unspecified atom stereocenters. The van der Waals surface area contributed by atoms with Crippen LogP contribution in [-0.4, -0.2) is 29.9 Å². The molecule has 1 aromatic rings. The van der Waals surface area contributed by atoms with Gasteiger partial charge in [0.25, 0.3) is 5.91 Å². The lowest BCUT2D eigenvalue weighted by atomic mass is 10.1. The van der Waals surface area contributed by atoms with Crippen LogP contribution in [-0.2, 0) is 6.54 Å². The molecular formula is C13H15BrN2O. The minimum Gasteiger partial charge on any atom is -0.331 e. The van der Waals surface area contributed by atoms with E-state index >= 15 is 0 Å². The Labute approximate surface area is 109 Å². The van der Waals surface area contributed by atoms with Crippen molar-refractivity contribution < 1.29 is 4.79 Å². The molecule has 1 amide bonds. The van der Waals surface area contributed by atoms with Gasteiger partial charge >= 0.3 is 0 Å². The van der Waals surface area contributed by atoms with E-state index in [-0.39, 0.29) is 5.91 Å². The van der Waals surface area contributed by atoms with Gasteiger partial charge < -0.3 is 10.2 Å². The first kappa shape index (κ1) is 11.2. The lowest BCUT2D eigenvalue weighted by Gasteiger charge is -2.31. The lowest BCUT2D eigenvalue weighted by molar-refractivity contribution is 0.0668. The number of rotatable bonds is 1. The Morgan fingerprint density at radius 1 is 1.29 bits per heavy atom. The molecule has 0 spiro atoms. The summed E-state index contributed by atoms with van der Waals surface area (Å²) in [4.78, 5) is 14.4. The van der Waals surface area contributed by atoms with Crippen LogP contribution < -0.4 is 5.32 Å². The summed E-state index contributed by atoms with van der Waals surface area (Å²) in [6, 6.07) is 6.29. The van der Waals surface area contributed by atoms with Crippen LogP contribution in [0.2, 0.25) is 0 Å². The molecule has 17 heavy (non-hydrogen) atoms. The summed E-state index contributed by atoms with van der Waals surface area (Å²) in [6.45, 7) is 2.80. The van der Waals surface area contributed by atoms with Crippen molar-refractivity contribution >= 4 is 21.8 Å². The number of hydrogen-bond acceptors (Lipinski definition) is 2. The molecule has 90 valence electrons. The predicted molar refractivity (Wildman–Crippen MR) is 69.9 cm³/mol. The van der Waals surface area contributed by atoms with Crippen molar-refractivity contribution in [1.82, 2.24) is 10.2 Å². The second-order valence-corrected chi connectivity index (χ2v) is 5.53. The van der Waals surface area contributed by atoms with Crippen LogP contribution in [0.4, 0.5) is 0 Å². The van der Waals surface area contributed by atoms with Crippen molar-refractivity contribution in [1.29, 1.82) is 0 Å². The van der Waals surface area contributed by atoms with Gasteiger partial charge in [-0.1, -0.05) is 22.0 Å². The number of hydrogen-bond donors (Lipinski definition) is 1. The van der Waals surface area contributed by atoms with Crippen molar-refractivity contribution in [3.05, 3.63) is 33.8 Å². The molecule has 2 aliphatic rings. The second-order valence-electron chi connectivity index (χ2n) is 4.68. The second kappa shape index (κ2) is 4.42. The fourth-order valence-electron chi connectivity index (χ4n) is 2.73. The van der Waals surface area contributed by atoms with Crippen LogP contribution in [0.3, 0.4) is 0 Å². The number of amides is 1. The molecule has 3 rings (SSSR count). The number of fused-ring (bicyclic) bond motifs is 1.